The number of amidine groups is 1. The number of halogens is 2. The molecular formula is C41H47BrClN7O4. The highest BCUT2D eigenvalue weighted by atomic mass is 79.9. The van der Waals surface area contributed by atoms with Gasteiger partial charge in [0.25, 0.3) is 0 Å². The van der Waals surface area contributed by atoms with Crippen LogP contribution in [0.4, 0.5) is 21.9 Å². The van der Waals surface area contributed by atoms with Crippen molar-refractivity contribution in [2.45, 2.75) is 77.2 Å². The molecule has 1 amide bonds. The SMILES string of the molecule is COc1ccc(CN(Cc2ccc(OC)cc2)c2ccc(N=C(N)c3cnn4cc(Br)cc4c3NC3CCC(NC(=O)OC(C)(C)C)CC3)c(Cl)c2)cc1. The maximum Gasteiger partial charge on any atom is 0.407 e. The molecule has 284 valence electrons. The number of nitrogens with two attached hydrogens (primary N) is 1. The number of nitrogens with one attached hydrogen (secondary N) is 2. The van der Waals surface area contributed by atoms with E-state index in [-0.39, 0.29) is 24.0 Å². The van der Waals surface area contributed by atoms with Crippen LogP contribution in [0.3, 0.4) is 0 Å². The third-order valence-electron chi connectivity index (χ3n) is 9.28. The van der Waals surface area contributed by atoms with E-state index >= 15 is 0 Å². The van der Waals surface area contributed by atoms with Crippen molar-refractivity contribution in [1.82, 2.24) is 14.9 Å². The summed E-state index contributed by atoms with van der Waals surface area (Å²) >= 11 is 10.6. The Morgan fingerprint density at radius 3 is 2.09 bits per heavy atom. The Labute approximate surface area is 330 Å². The molecule has 2 heterocycles. The van der Waals surface area contributed by atoms with Crippen LogP contribution in [0.1, 0.15) is 63.1 Å². The Bertz CT molecular complexity index is 2040. The summed E-state index contributed by atoms with van der Waals surface area (Å²) in [7, 11) is 3.33. The lowest BCUT2D eigenvalue weighted by molar-refractivity contribution is 0.0492. The quantitative estimate of drug-likeness (QED) is 0.0841. The fourth-order valence-electron chi connectivity index (χ4n) is 6.55. The normalized spacial score (nSPS) is 16.2. The molecule has 11 nitrogen and oxygen atoms in total. The molecule has 4 N–H and O–H groups in total. The van der Waals surface area contributed by atoms with Gasteiger partial charge < -0.3 is 35.5 Å². The second-order valence-electron chi connectivity index (χ2n) is 14.4. The molecule has 0 spiro atoms. The highest BCUT2D eigenvalue weighted by Crippen LogP contribution is 2.34. The molecule has 2 aromatic heterocycles. The first-order valence-corrected chi connectivity index (χ1v) is 19.1. The van der Waals surface area contributed by atoms with E-state index in [0.717, 1.165) is 69.7 Å². The fraction of sp³-hybridized carbons (Fsp3) is 0.341. The summed E-state index contributed by atoms with van der Waals surface area (Å²) in [4.78, 5) is 19.5. The van der Waals surface area contributed by atoms with Crippen molar-refractivity contribution in [3.8, 4) is 11.5 Å². The average molecular weight is 817 g/mol. The Hall–Kier alpha value is -4.94. The van der Waals surface area contributed by atoms with Gasteiger partial charge in [0.1, 0.15) is 22.9 Å². The van der Waals surface area contributed by atoms with Crippen molar-refractivity contribution >= 4 is 62.0 Å². The minimum absolute atomic E-state index is 0.0531. The minimum atomic E-state index is -0.540. The average Bonchev–Trinajstić information content (AvgIpc) is 3.53. The molecule has 0 radical (unpaired) electrons. The Morgan fingerprint density at radius 2 is 1.54 bits per heavy atom. The summed E-state index contributed by atoms with van der Waals surface area (Å²) in [5.41, 5.74) is 12.3. The second kappa shape index (κ2) is 17.0. The van der Waals surface area contributed by atoms with Crippen molar-refractivity contribution in [1.29, 1.82) is 0 Å². The number of anilines is 2. The number of aromatic nitrogens is 2. The molecule has 3 aromatic carbocycles. The number of amides is 1. The van der Waals surface area contributed by atoms with Gasteiger partial charge >= 0.3 is 6.09 Å². The first-order chi connectivity index (χ1) is 25.9. The van der Waals surface area contributed by atoms with Crippen LogP contribution in [-0.4, -0.2) is 53.4 Å². The summed E-state index contributed by atoms with van der Waals surface area (Å²) in [6.07, 6.45) is 6.58. The van der Waals surface area contributed by atoms with E-state index in [1.54, 1.807) is 24.9 Å². The zero-order valence-electron chi connectivity index (χ0n) is 31.2. The van der Waals surface area contributed by atoms with Crippen molar-refractivity contribution < 1.29 is 19.0 Å². The number of methoxy groups -OCH3 is 2. The van der Waals surface area contributed by atoms with Crippen molar-refractivity contribution in [3.63, 3.8) is 0 Å². The molecule has 54 heavy (non-hydrogen) atoms. The number of fused-ring (bicyclic) bond motifs is 1. The summed E-state index contributed by atoms with van der Waals surface area (Å²) in [5, 5.41) is 11.9. The summed E-state index contributed by atoms with van der Waals surface area (Å²) in [6, 6.07) is 24.1. The highest BCUT2D eigenvalue weighted by Gasteiger charge is 2.26. The van der Waals surface area contributed by atoms with E-state index in [1.165, 1.54) is 0 Å². The molecule has 1 aliphatic rings. The highest BCUT2D eigenvalue weighted by molar-refractivity contribution is 9.10. The summed E-state index contributed by atoms with van der Waals surface area (Å²) in [6.45, 7) is 6.88. The predicted octanol–water partition coefficient (Wildman–Crippen LogP) is 9.26. The molecule has 1 fully saturated rings. The van der Waals surface area contributed by atoms with Gasteiger partial charge in [-0.2, -0.15) is 5.10 Å². The van der Waals surface area contributed by atoms with Crippen LogP contribution in [0.25, 0.3) is 5.52 Å². The van der Waals surface area contributed by atoms with E-state index in [2.05, 4.69) is 60.8 Å². The first-order valence-electron chi connectivity index (χ1n) is 17.9. The van der Waals surface area contributed by atoms with Gasteiger partial charge in [0, 0.05) is 41.5 Å². The lowest BCUT2D eigenvalue weighted by atomic mass is 9.91. The molecule has 6 rings (SSSR count). The molecule has 0 aliphatic heterocycles. The van der Waals surface area contributed by atoms with Gasteiger partial charge in [-0.25, -0.2) is 14.3 Å². The number of carbonyl (C=O) groups excluding carboxylic acids is 1. The molecule has 5 aromatic rings. The van der Waals surface area contributed by atoms with Crippen molar-refractivity contribution in [2.24, 2.45) is 10.7 Å². The van der Waals surface area contributed by atoms with Gasteiger partial charge in [0.05, 0.1) is 47.9 Å². The minimum Gasteiger partial charge on any atom is -0.497 e. The molecule has 0 saturated heterocycles. The van der Waals surface area contributed by atoms with E-state index in [0.29, 0.717) is 29.4 Å². The first kappa shape index (κ1) is 38.8. The number of ether oxygens (including phenoxy) is 3. The van der Waals surface area contributed by atoms with Crippen LogP contribution in [-0.2, 0) is 17.8 Å². The Balaban J connectivity index is 1.23. The van der Waals surface area contributed by atoms with Gasteiger partial charge in [-0.05, 0) is 122 Å². The zero-order valence-corrected chi connectivity index (χ0v) is 33.6. The number of hydrogen-bond donors (Lipinski definition) is 3. The maximum absolute atomic E-state index is 12.4. The van der Waals surface area contributed by atoms with Crippen LogP contribution < -0.4 is 30.7 Å². The molecule has 0 unspecified atom stereocenters. The number of benzene rings is 3. The van der Waals surface area contributed by atoms with Crippen LogP contribution in [0, 0.1) is 0 Å². The lowest BCUT2D eigenvalue weighted by Gasteiger charge is -2.31. The van der Waals surface area contributed by atoms with Crippen LogP contribution >= 0.6 is 27.5 Å². The van der Waals surface area contributed by atoms with E-state index in [4.69, 9.17) is 36.5 Å². The largest absolute Gasteiger partial charge is 0.497 e. The number of hydrogen-bond acceptors (Lipinski definition) is 8. The number of aliphatic imine (C=N–C) groups is 1. The molecular weight excluding hydrogens is 770 g/mol. The van der Waals surface area contributed by atoms with Gasteiger partial charge in [0.15, 0.2) is 0 Å². The number of alkyl carbamates (subject to hydrolysis) is 1. The van der Waals surface area contributed by atoms with Crippen LogP contribution in [0.15, 0.2) is 94.7 Å². The molecule has 1 saturated carbocycles. The van der Waals surface area contributed by atoms with Gasteiger partial charge in [-0.1, -0.05) is 35.9 Å². The third-order valence-corrected chi connectivity index (χ3v) is 10.0. The molecule has 1 aliphatic carbocycles. The summed E-state index contributed by atoms with van der Waals surface area (Å²) < 4.78 is 18.9. The standard InChI is InChI=1S/C41H47BrClN7O4/c1-41(2,3)54-40(51)47-30-12-10-29(11-13-30)46-38-34(22-45-50-25-28(42)20-37(38)50)39(44)48-36-19-14-31(21-35(36)43)49(23-26-6-15-32(52-4)16-7-26)24-27-8-17-33(53-5)18-9-27/h6-9,14-22,25,29-30,46H,10-13,23-24H2,1-5H3,(H2,44,48)(H,47,51). The van der Waals surface area contributed by atoms with Gasteiger partial charge in [0.2, 0.25) is 0 Å². The second-order valence-corrected chi connectivity index (χ2v) is 15.8. The maximum atomic E-state index is 12.4. The van der Waals surface area contributed by atoms with Gasteiger partial charge in [-0.15, -0.1) is 0 Å². The molecule has 0 atom stereocenters. The van der Waals surface area contributed by atoms with Crippen LogP contribution in [0.5, 0.6) is 11.5 Å². The predicted molar refractivity (Wildman–Crippen MR) is 220 cm³/mol. The van der Waals surface area contributed by atoms with Crippen molar-refractivity contribution in [2.75, 3.05) is 24.4 Å². The third kappa shape index (κ3) is 9.97. The van der Waals surface area contributed by atoms with E-state index in [9.17, 15) is 4.79 Å². The van der Waals surface area contributed by atoms with Crippen molar-refractivity contribution in [3.05, 3.63) is 111 Å². The Morgan fingerprint density at radius 1 is 0.944 bits per heavy atom. The number of rotatable bonds is 12. The zero-order chi connectivity index (χ0) is 38.4. The summed E-state index contributed by atoms with van der Waals surface area (Å²) in [5.74, 6) is 1.90. The number of nitrogens with zero attached hydrogens (tertiary/aromatic N) is 4. The Kier molecular flexibility index (Phi) is 12.2. The van der Waals surface area contributed by atoms with Gasteiger partial charge in [-0.3, -0.25) is 0 Å². The van der Waals surface area contributed by atoms with E-state index < -0.39 is 5.60 Å². The fourth-order valence-corrected chi connectivity index (χ4v) is 7.17. The smallest absolute Gasteiger partial charge is 0.407 e. The molecule has 0 bridgehead atoms. The molecule has 13 heteroatoms. The topological polar surface area (TPSA) is 128 Å². The van der Waals surface area contributed by atoms with Crippen LogP contribution in [0.2, 0.25) is 5.02 Å². The lowest BCUT2D eigenvalue weighted by Crippen LogP contribution is -2.42. The monoisotopic (exact) mass is 815 g/mol. The van der Waals surface area contributed by atoms with E-state index in [1.807, 2.05) is 75.5 Å². The number of carbonyl (C=O) groups is 1.